The first-order valence-corrected chi connectivity index (χ1v) is 6.62. The summed E-state index contributed by atoms with van der Waals surface area (Å²) < 4.78 is 10.9. The van der Waals surface area contributed by atoms with Crippen molar-refractivity contribution in [2.45, 2.75) is 26.3 Å². The van der Waals surface area contributed by atoms with E-state index in [-0.39, 0.29) is 0 Å². The van der Waals surface area contributed by atoms with Crippen LogP contribution in [0.1, 0.15) is 31.9 Å². The summed E-state index contributed by atoms with van der Waals surface area (Å²) in [6.45, 7) is 5.73. The molecule has 0 aliphatic rings. The van der Waals surface area contributed by atoms with Crippen LogP contribution in [-0.2, 0) is 4.74 Å². The lowest BCUT2D eigenvalue weighted by molar-refractivity contribution is 0.170. The highest BCUT2D eigenvalue weighted by molar-refractivity contribution is 5.36. The molecule has 2 unspecified atom stereocenters. The maximum Gasteiger partial charge on any atom is 0.124 e. The number of benzene rings is 1. The summed E-state index contributed by atoms with van der Waals surface area (Å²) in [4.78, 5) is 0. The van der Waals surface area contributed by atoms with E-state index in [4.69, 9.17) is 9.47 Å². The second kappa shape index (κ2) is 8.11. The van der Waals surface area contributed by atoms with Crippen LogP contribution in [0.3, 0.4) is 0 Å². The molecule has 0 fully saturated rings. The molecule has 0 spiro atoms. The zero-order valence-electron chi connectivity index (χ0n) is 11.9. The summed E-state index contributed by atoms with van der Waals surface area (Å²) in [7, 11) is 3.74. The van der Waals surface area contributed by atoms with Gasteiger partial charge in [-0.05, 0) is 32.4 Å². The van der Waals surface area contributed by atoms with E-state index in [1.54, 1.807) is 7.11 Å². The average molecular weight is 251 g/mol. The molecule has 102 valence electrons. The predicted molar refractivity (Wildman–Crippen MR) is 75.1 cm³/mol. The predicted octanol–water partition coefficient (Wildman–Crippen LogP) is 3.02. The van der Waals surface area contributed by atoms with Crippen LogP contribution < -0.4 is 10.1 Å². The number of para-hydroxylation sites is 1. The van der Waals surface area contributed by atoms with Gasteiger partial charge in [0.15, 0.2) is 0 Å². The molecule has 0 heterocycles. The average Bonchev–Trinajstić information content (AvgIpc) is 2.39. The zero-order valence-corrected chi connectivity index (χ0v) is 11.9. The SMILES string of the molecule is CCOc1ccccc1C(NC)C(C)CCOC. The highest BCUT2D eigenvalue weighted by Gasteiger charge is 2.20. The molecule has 0 radical (unpaired) electrons. The molecule has 0 aliphatic carbocycles. The Balaban J connectivity index is 2.86. The molecule has 0 saturated carbocycles. The van der Waals surface area contributed by atoms with Crippen molar-refractivity contribution in [3.63, 3.8) is 0 Å². The van der Waals surface area contributed by atoms with E-state index < -0.39 is 0 Å². The van der Waals surface area contributed by atoms with Crippen LogP contribution in [0, 0.1) is 5.92 Å². The third kappa shape index (κ3) is 4.00. The van der Waals surface area contributed by atoms with Crippen molar-refractivity contribution < 1.29 is 9.47 Å². The van der Waals surface area contributed by atoms with Crippen molar-refractivity contribution in [1.29, 1.82) is 0 Å². The molecule has 0 aliphatic heterocycles. The number of hydrogen-bond acceptors (Lipinski definition) is 3. The van der Waals surface area contributed by atoms with E-state index in [2.05, 4.69) is 24.4 Å². The Kier molecular flexibility index (Phi) is 6.76. The quantitative estimate of drug-likeness (QED) is 0.770. The summed E-state index contributed by atoms with van der Waals surface area (Å²) >= 11 is 0. The van der Waals surface area contributed by atoms with E-state index in [1.165, 1.54) is 5.56 Å². The lowest BCUT2D eigenvalue weighted by atomic mass is 9.91. The van der Waals surface area contributed by atoms with Gasteiger partial charge in [-0.15, -0.1) is 0 Å². The van der Waals surface area contributed by atoms with Gasteiger partial charge in [-0.1, -0.05) is 25.1 Å². The molecule has 2 atom stereocenters. The van der Waals surface area contributed by atoms with Crippen LogP contribution in [0.2, 0.25) is 0 Å². The van der Waals surface area contributed by atoms with Gasteiger partial charge in [0, 0.05) is 25.3 Å². The molecular formula is C15H25NO2. The third-order valence-corrected chi connectivity index (χ3v) is 3.21. The fourth-order valence-corrected chi connectivity index (χ4v) is 2.24. The van der Waals surface area contributed by atoms with Crippen molar-refractivity contribution in [1.82, 2.24) is 5.32 Å². The first kappa shape index (κ1) is 15.0. The Hall–Kier alpha value is -1.06. The standard InChI is InChI=1S/C15H25NO2/c1-5-18-14-9-7-6-8-13(14)15(16-3)12(2)10-11-17-4/h6-9,12,15-16H,5,10-11H2,1-4H3. The van der Waals surface area contributed by atoms with Gasteiger partial charge in [0.1, 0.15) is 5.75 Å². The molecule has 1 aromatic rings. The Morgan fingerprint density at radius 2 is 2.00 bits per heavy atom. The molecule has 0 saturated heterocycles. The minimum atomic E-state index is 0.294. The Morgan fingerprint density at radius 3 is 2.61 bits per heavy atom. The fraction of sp³-hybridized carbons (Fsp3) is 0.600. The molecule has 3 nitrogen and oxygen atoms in total. The summed E-state index contributed by atoms with van der Waals surface area (Å²) in [6.07, 6.45) is 1.03. The van der Waals surface area contributed by atoms with Crippen LogP contribution >= 0.6 is 0 Å². The summed E-state index contributed by atoms with van der Waals surface area (Å²) in [5, 5.41) is 3.39. The van der Waals surface area contributed by atoms with E-state index in [1.807, 2.05) is 26.1 Å². The zero-order chi connectivity index (χ0) is 13.4. The van der Waals surface area contributed by atoms with Crippen LogP contribution in [0.25, 0.3) is 0 Å². The second-order valence-electron chi connectivity index (χ2n) is 4.50. The normalized spacial score (nSPS) is 14.2. The van der Waals surface area contributed by atoms with Gasteiger partial charge in [-0.25, -0.2) is 0 Å². The maximum atomic E-state index is 5.70. The van der Waals surface area contributed by atoms with Crippen LogP contribution in [0.4, 0.5) is 0 Å². The third-order valence-electron chi connectivity index (χ3n) is 3.21. The summed E-state index contributed by atoms with van der Waals surface area (Å²) in [6, 6.07) is 8.54. The molecule has 1 N–H and O–H groups in total. The highest BCUT2D eigenvalue weighted by Crippen LogP contribution is 2.31. The largest absolute Gasteiger partial charge is 0.494 e. The van der Waals surface area contributed by atoms with Gasteiger partial charge in [0.05, 0.1) is 6.61 Å². The topological polar surface area (TPSA) is 30.5 Å². The Bertz CT molecular complexity index is 341. The summed E-state index contributed by atoms with van der Waals surface area (Å²) in [5.41, 5.74) is 1.23. The fourth-order valence-electron chi connectivity index (χ4n) is 2.24. The number of hydrogen-bond donors (Lipinski definition) is 1. The number of nitrogens with one attached hydrogen (secondary N) is 1. The van der Waals surface area contributed by atoms with Crippen LogP contribution in [-0.4, -0.2) is 27.4 Å². The molecule has 1 rings (SSSR count). The van der Waals surface area contributed by atoms with Crippen molar-refractivity contribution >= 4 is 0 Å². The van der Waals surface area contributed by atoms with Crippen LogP contribution in [0.5, 0.6) is 5.75 Å². The Morgan fingerprint density at radius 1 is 1.28 bits per heavy atom. The van der Waals surface area contributed by atoms with Gasteiger partial charge >= 0.3 is 0 Å². The lowest BCUT2D eigenvalue weighted by Gasteiger charge is -2.25. The van der Waals surface area contributed by atoms with Gasteiger partial charge < -0.3 is 14.8 Å². The smallest absolute Gasteiger partial charge is 0.124 e. The van der Waals surface area contributed by atoms with E-state index in [0.717, 1.165) is 18.8 Å². The van der Waals surface area contributed by atoms with Gasteiger partial charge in [-0.3, -0.25) is 0 Å². The number of rotatable bonds is 8. The molecule has 0 aromatic heterocycles. The van der Waals surface area contributed by atoms with Gasteiger partial charge in [-0.2, -0.15) is 0 Å². The number of ether oxygens (including phenoxy) is 2. The van der Waals surface area contributed by atoms with E-state index in [0.29, 0.717) is 18.6 Å². The molecule has 0 bridgehead atoms. The molecule has 1 aromatic carbocycles. The Labute approximate surface area is 110 Å². The molecule has 0 amide bonds. The highest BCUT2D eigenvalue weighted by atomic mass is 16.5. The first-order valence-electron chi connectivity index (χ1n) is 6.62. The van der Waals surface area contributed by atoms with Crippen molar-refractivity contribution in [3.05, 3.63) is 29.8 Å². The molecule has 18 heavy (non-hydrogen) atoms. The van der Waals surface area contributed by atoms with E-state index in [9.17, 15) is 0 Å². The van der Waals surface area contributed by atoms with Crippen molar-refractivity contribution in [3.8, 4) is 5.75 Å². The van der Waals surface area contributed by atoms with E-state index >= 15 is 0 Å². The van der Waals surface area contributed by atoms with Crippen LogP contribution in [0.15, 0.2) is 24.3 Å². The lowest BCUT2D eigenvalue weighted by Crippen LogP contribution is -2.25. The maximum absolute atomic E-state index is 5.70. The van der Waals surface area contributed by atoms with Crippen molar-refractivity contribution in [2.24, 2.45) is 5.92 Å². The minimum Gasteiger partial charge on any atom is -0.494 e. The van der Waals surface area contributed by atoms with Crippen molar-refractivity contribution in [2.75, 3.05) is 27.4 Å². The number of methoxy groups -OCH3 is 1. The first-order chi connectivity index (χ1) is 8.74. The molecule has 3 heteroatoms. The monoisotopic (exact) mass is 251 g/mol. The summed E-state index contributed by atoms with van der Waals surface area (Å²) in [5.74, 6) is 1.47. The minimum absolute atomic E-state index is 0.294. The molecular weight excluding hydrogens is 226 g/mol. The second-order valence-corrected chi connectivity index (χ2v) is 4.50. The van der Waals surface area contributed by atoms with Gasteiger partial charge in [0.2, 0.25) is 0 Å². The van der Waals surface area contributed by atoms with Gasteiger partial charge in [0.25, 0.3) is 0 Å².